The number of ether oxygens (including phenoxy) is 1. The van der Waals surface area contributed by atoms with Crippen molar-refractivity contribution in [3.05, 3.63) is 0 Å². The van der Waals surface area contributed by atoms with Gasteiger partial charge in [-0.15, -0.1) is 0 Å². The highest BCUT2D eigenvalue weighted by molar-refractivity contribution is 5.69. The van der Waals surface area contributed by atoms with Crippen LogP contribution in [-0.2, 0) is 9.53 Å². The molecule has 0 aromatic rings. The van der Waals surface area contributed by atoms with Crippen LogP contribution in [0, 0.1) is 0 Å². The molecule has 0 aliphatic heterocycles. The summed E-state index contributed by atoms with van der Waals surface area (Å²) in [6.45, 7) is 2.85. The molecular formula is C16H32O3. The van der Waals surface area contributed by atoms with Crippen LogP contribution < -0.4 is 0 Å². The average Bonchev–Trinajstić information content (AvgIpc) is 2.42. The van der Waals surface area contributed by atoms with Gasteiger partial charge >= 0.3 is 5.97 Å². The molecule has 0 saturated carbocycles. The molecule has 0 spiro atoms. The molecule has 0 radical (unpaired) electrons. The van der Waals surface area contributed by atoms with Crippen LogP contribution in [0.2, 0.25) is 0 Å². The van der Waals surface area contributed by atoms with E-state index in [0.717, 1.165) is 12.8 Å². The van der Waals surface area contributed by atoms with Crippen LogP contribution in [0.25, 0.3) is 0 Å². The normalized spacial score (nSPS) is 10.6. The lowest BCUT2D eigenvalue weighted by Crippen LogP contribution is -2.06. The Balaban J connectivity index is 3.04. The van der Waals surface area contributed by atoms with Crippen LogP contribution in [0.4, 0.5) is 0 Å². The molecule has 0 bridgehead atoms. The Morgan fingerprint density at radius 1 is 0.842 bits per heavy atom. The van der Waals surface area contributed by atoms with Crippen molar-refractivity contribution >= 4 is 5.97 Å². The molecule has 0 aliphatic carbocycles. The lowest BCUT2D eigenvalue weighted by molar-refractivity contribution is -0.144. The van der Waals surface area contributed by atoms with Crippen molar-refractivity contribution in [2.75, 3.05) is 13.2 Å². The molecule has 0 heterocycles. The molecular weight excluding hydrogens is 240 g/mol. The van der Waals surface area contributed by atoms with Crippen molar-refractivity contribution < 1.29 is 14.6 Å². The number of unbranched alkanes of at least 4 members (excludes halogenated alkanes) is 9. The van der Waals surface area contributed by atoms with E-state index >= 15 is 0 Å². The summed E-state index contributed by atoms with van der Waals surface area (Å²) in [5.41, 5.74) is 0. The van der Waals surface area contributed by atoms with E-state index in [1.807, 2.05) is 0 Å². The van der Waals surface area contributed by atoms with Crippen LogP contribution in [0.5, 0.6) is 0 Å². The first-order valence-corrected chi connectivity index (χ1v) is 8.07. The molecule has 0 saturated heterocycles. The number of hydrogen-bond acceptors (Lipinski definition) is 3. The highest BCUT2D eigenvalue weighted by Crippen LogP contribution is 2.10. The van der Waals surface area contributed by atoms with Gasteiger partial charge in [-0.05, 0) is 12.8 Å². The number of esters is 1. The molecule has 114 valence electrons. The second kappa shape index (κ2) is 15.5. The number of aliphatic hydroxyl groups is 1. The van der Waals surface area contributed by atoms with E-state index in [1.165, 1.54) is 51.4 Å². The third kappa shape index (κ3) is 15.4. The van der Waals surface area contributed by atoms with Gasteiger partial charge in [-0.1, -0.05) is 64.7 Å². The summed E-state index contributed by atoms with van der Waals surface area (Å²) in [4.78, 5) is 11.1. The van der Waals surface area contributed by atoms with E-state index < -0.39 is 0 Å². The Morgan fingerprint density at radius 3 is 1.89 bits per heavy atom. The highest BCUT2D eigenvalue weighted by atomic mass is 16.5. The quantitative estimate of drug-likeness (QED) is 0.380. The molecule has 0 rings (SSSR count). The van der Waals surface area contributed by atoms with Crippen LogP contribution in [-0.4, -0.2) is 24.3 Å². The molecule has 3 heteroatoms. The van der Waals surface area contributed by atoms with E-state index in [4.69, 9.17) is 9.84 Å². The average molecular weight is 272 g/mol. The van der Waals surface area contributed by atoms with Crippen molar-refractivity contribution in [3.63, 3.8) is 0 Å². The molecule has 0 amide bonds. The van der Waals surface area contributed by atoms with Crippen LogP contribution in [0.15, 0.2) is 0 Å². The van der Waals surface area contributed by atoms with Gasteiger partial charge in [0.05, 0.1) is 6.61 Å². The Labute approximate surface area is 118 Å². The second-order valence-corrected chi connectivity index (χ2v) is 5.23. The Kier molecular flexibility index (Phi) is 15.0. The minimum atomic E-state index is -0.176. The van der Waals surface area contributed by atoms with E-state index in [0.29, 0.717) is 19.4 Å². The number of hydrogen-bond donors (Lipinski definition) is 1. The molecule has 3 nitrogen and oxygen atoms in total. The van der Waals surface area contributed by atoms with E-state index in [-0.39, 0.29) is 12.6 Å². The minimum Gasteiger partial charge on any atom is -0.466 e. The van der Waals surface area contributed by atoms with E-state index in [9.17, 15) is 4.79 Å². The largest absolute Gasteiger partial charge is 0.466 e. The predicted molar refractivity (Wildman–Crippen MR) is 79.1 cm³/mol. The maximum absolute atomic E-state index is 11.1. The fraction of sp³-hybridized carbons (Fsp3) is 0.938. The SMILES string of the molecule is CCCCCCCCCCCCOC(=O)CCCO. The molecule has 19 heavy (non-hydrogen) atoms. The first kappa shape index (κ1) is 18.4. The van der Waals surface area contributed by atoms with Crippen molar-refractivity contribution in [1.82, 2.24) is 0 Å². The van der Waals surface area contributed by atoms with Crippen molar-refractivity contribution in [1.29, 1.82) is 0 Å². The maximum Gasteiger partial charge on any atom is 0.305 e. The molecule has 0 fully saturated rings. The predicted octanol–water partition coefficient (Wildman–Crippen LogP) is 4.22. The summed E-state index contributed by atoms with van der Waals surface area (Å²) in [5.74, 6) is -0.176. The summed E-state index contributed by atoms with van der Waals surface area (Å²) >= 11 is 0. The second-order valence-electron chi connectivity index (χ2n) is 5.23. The fourth-order valence-corrected chi connectivity index (χ4v) is 2.07. The monoisotopic (exact) mass is 272 g/mol. The van der Waals surface area contributed by atoms with Gasteiger partial charge in [0.1, 0.15) is 0 Å². The lowest BCUT2D eigenvalue weighted by atomic mass is 10.1. The standard InChI is InChI=1S/C16H32O3/c1-2-3-4-5-6-7-8-9-10-11-15-19-16(18)13-12-14-17/h17H,2-15H2,1H3. The number of aliphatic hydroxyl groups excluding tert-OH is 1. The van der Waals surface area contributed by atoms with Gasteiger partial charge in [-0.2, -0.15) is 0 Å². The third-order valence-electron chi connectivity index (χ3n) is 3.30. The zero-order valence-corrected chi connectivity index (χ0v) is 12.7. The van der Waals surface area contributed by atoms with Crippen molar-refractivity contribution in [3.8, 4) is 0 Å². The highest BCUT2D eigenvalue weighted by Gasteiger charge is 2.01. The van der Waals surface area contributed by atoms with Gasteiger partial charge in [0.2, 0.25) is 0 Å². The molecule has 0 aromatic carbocycles. The maximum atomic E-state index is 11.1. The summed E-state index contributed by atoms with van der Waals surface area (Å²) in [6, 6.07) is 0. The van der Waals surface area contributed by atoms with E-state index in [1.54, 1.807) is 0 Å². The van der Waals surface area contributed by atoms with Gasteiger partial charge in [-0.3, -0.25) is 4.79 Å². The van der Waals surface area contributed by atoms with Crippen molar-refractivity contribution in [2.45, 2.75) is 84.0 Å². The van der Waals surface area contributed by atoms with Crippen molar-refractivity contribution in [2.24, 2.45) is 0 Å². The molecule has 0 unspecified atom stereocenters. The van der Waals surface area contributed by atoms with Crippen LogP contribution in [0.1, 0.15) is 84.0 Å². The molecule has 1 N–H and O–H groups in total. The van der Waals surface area contributed by atoms with Gasteiger partial charge < -0.3 is 9.84 Å². The van der Waals surface area contributed by atoms with Crippen LogP contribution in [0.3, 0.4) is 0 Å². The Bertz CT molecular complexity index is 192. The topological polar surface area (TPSA) is 46.5 Å². The summed E-state index contributed by atoms with van der Waals surface area (Å²) in [7, 11) is 0. The third-order valence-corrected chi connectivity index (χ3v) is 3.30. The number of rotatable bonds is 14. The first-order chi connectivity index (χ1) is 9.31. The smallest absolute Gasteiger partial charge is 0.305 e. The minimum absolute atomic E-state index is 0.0629. The zero-order chi connectivity index (χ0) is 14.2. The first-order valence-electron chi connectivity index (χ1n) is 8.07. The van der Waals surface area contributed by atoms with Gasteiger partial charge in [0.15, 0.2) is 0 Å². The van der Waals surface area contributed by atoms with Gasteiger partial charge in [-0.25, -0.2) is 0 Å². The molecule has 0 aromatic heterocycles. The zero-order valence-electron chi connectivity index (χ0n) is 12.7. The number of carbonyl (C=O) groups is 1. The Morgan fingerprint density at radius 2 is 1.37 bits per heavy atom. The fourth-order valence-electron chi connectivity index (χ4n) is 2.07. The number of carbonyl (C=O) groups excluding carboxylic acids is 1. The summed E-state index contributed by atoms with van der Waals surface area (Å²) in [5, 5.41) is 8.57. The summed E-state index contributed by atoms with van der Waals surface area (Å²) in [6.07, 6.45) is 13.7. The van der Waals surface area contributed by atoms with E-state index in [2.05, 4.69) is 6.92 Å². The summed E-state index contributed by atoms with van der Waals surface area (Å²) < 4.78 is 5.07. The van der Waals surface area contributed by atoms with Gasteiger partial charge in [0, 0.05) is 13.0 Å². The molecule has 0 atom stereocenters. The lowest BCUT2D eigenvalue weighted by Gasteiger charge is -2.04. The van der Waals surface area contributed by atoms with Gasteiger partial charge in [0.25, 0.3) is 0 Å². The Hall–Kier alpha value is -0.570. The molecule has 0 aliphatic rings. The van der Waals surface area contributed by atoms with Crippen LogP contribution >= 0.6 is 0 Å².